The molecule has 30 heavy (non-hydrogen) atoms. The summed E-state index contributed by atoms with van der Waals surface area (Å²) in [6, 6.07) is 24.6. The lowest BCUT2D eigenvalue weighted by molar-refractivity contribution is 0.102. The van der Waals surface area contributed by atoms with E-state index in [0.29, 0.717) is 17.3 Å². The maximum Gasteiger partial charge on any atom is 0.255 e. The van der Waals surface area contributed by atoms with Crippen molar-refractivity contribution >= 4 is 23.1 Å². The van der Waals surface area contributed by atoms with Gasteiger partial charge in [0, 0.05) is 28.6 Å². The molecule has 0 aliphatic heterocycles. The fourth-order valence-corrected chi connectivity index (χ4v) is 3.04. The lowest BCUT2D eigenvalue weighted by Crippen LogP contribution is -2.12. The Balaban J connectivity index is 1.54. The lowest BCUT2D eigenvalue weighted by Gasteiger charge is -2.11. The van der Waals surface area contributed by atoms with Crippen LogP contribution in [0.2, 0.25) is 0 Å². The van der Waals surface area contributed by atoms with E-state index >= 15 is 0 Å². The average molecular weight is 398 g/mol. The second kappa shape index (κ2) is 8.53. The molecule has 0 atom stereocenters. The van der Waals surface area contributed by atoms with Crippen LogP contribution in [-0.2, 0) is 0 Å². The number of nitrogens with one attached hydrogen (secondary N) is 2. The molecule has 0 spiro atoms. The van der Waals surface area contributed by atoms with Crippen LogP contribution in [0.5, 0.6) is 0 Å². The normalized spacial score (nSPS) is 10.5. The molecule has 1 amide bonds. The molecular formula is C24H19FN4O. The summed E-state index contributed by atoms with van der Waals surface area (Å²) in [5, 5.41) is 6.04. The van der Waals surface area contributed by atoms with Crippen LogP contribution in [0.15, 0.2) is 84.9 Å². The Morgan fingerprint density at radius 3 is 2.40 bits per heavy atom. The summed E-state index contributed by atoms with van der Waals surface area (Å²) < 4.78 is 13.4. The van der Waals surface area contributed by atoms with Gasteiger partial charge in [0.05, 0.1) is 5.69 Å². The van der Waals surface area contributed by atoms with Gasteiger partial charge < -0.3 is 10.6 Å². The Labute approximate surface area is 173 Å². The first kappa shape index (κ1) is 19.3. The molecule has 0 radical (unpaired) electrons. The number of benzene rings is 3. The predicted octanol–water partition coefficient (Wildman–Crippen LogP) is 5.59. The number of anilines is 3. The van der Waals surface area contributed by atoms with Crippen molar-refractivity contribution in [2.24, 2.45) is 0 Å². The van der Waals surface area contributed by atoms with Crippen LogP contribution in [-0.4, -0.2) is 15.9 Å². The molecule has 6 heteroatoms. The molecule has 0 aliphatic carbocycles. The standard InChI is InChI=1S/C24H19FN4O/c1-16-26-22(17-7-3-2-4-8-17)15-23(27-16)28-20-11-6-12-21(14-20)29-24(30)18-9-5-10-19(25)13-18/h2-15H,1H3,(H,29,30)(H,26,27,28). The molecule has 0 fully saturated rings. The highest BCUT2D eigenvalue weighted by atomic mass is 19.1. The second-order valence-electron chi connectivity index (χ2n) is 6.72. The van der Waals surface area contributed by atoms with Gasteiger partial charge in [0.2, 0.25) is 0 Å². The molecular weight excluding hydrogens is 379 g/mol. The van der Waals surface area contributed by atoms with Crippen LogP contribution in [0.4, 0.5) is 21.6 Å². The van der Waals surface area contributed by atoms with E-state index in [0.717, 1.165) is 16.9 Å². The molecule has 3 aromatic carbocycles. The van der Waals surface area contributed by atoms with E-state index in [-0.39, 0.29) is 11.5 Å². The van der Waals surface area contributed by atoms with Gasteiger partial charge in [-0.1, -0.05) is 42.5 Å². The summed E-state index contributed by atoms with van der Waals surface area (Å²) in [6.07, 6.45) is 0. The van der Waals surface area contributed by atoms with Gasteiger partial charge in [-0.05, 0) is 43.3 Å². The first-order valence-corrected chi connectivity index (χ1v) is 9.42. The van der Waals surface area contributed by atoms with Crippen molar-refractivity contribution in [2.45, 2.75) is 6.92 Å². The molecule has 2 N–H and O–H groups in total. The van der Waals surface area contributed by atoms with Crippen molar-refractivity contribution in [1.82, 2.24) is 9.97 Å². The highest BCUT2D eigenvalue weighted by molar-refractivity contribution is 6.04. The third-order valence-corrected chi connectivity index (χ3v) is 4.39. The Hall–Kier alpha value is -4.06. The number of aromatic nitrogens is 2. The van der Waals surface area contributed by atoms with Crippen LogP contribution in [0.25, 0.3) is 11.3 Å². The van der Waals surface area contributed by atoms with Crippen LogP contribution in [0.1, 0.15) is 16.2 Å². The van der Waals surface area contributed by atoms with Gasteiger partial charge in [-0.25, -0.2) is 14.4 Å². The summed E-state index contributed by atoms with van der Waals surface area (Å²) in [6.45, 7) is 1.84. The van der Waals surface area contributed by atoms with Gasteiger partial charge >= 0.3 is 0 Å². The first-order valence-electron chi connectivity index (χ1n) is 9.42. The molecule has 0 saturated carbocycles. The zero-order valence-corrected chi connectivity index (χ0v) is 16.3. The van der Waals surface area contributed by atoms with Gasteiger partial charge in [0.1, 0.15) is 17.5 Å². The molecule has 0 unspecified atom stereocenters. The summed E-state index contributed by atoms with van der Waals surface area (Å²) in [5.74, 6) is 0.465. The van der Waals surface area contributed by atoms with Gasteiger partial charge in [0.25, 0.3) is 5.91 Å². The molecule has 4 aromatic rings. The fourth-order valence-electron chi connectivity index (χ4n) is 3.04. The van der Waals surface area contributed by atoms with Gasteiger partial charge in [-0.15, -0.1) is 0 Å². The van der Waals surface area contributed by atoms with E-state index < -0.39 is 5.82 Å². The third kappa shape index (κ3) is 4.67. The number of carbonyl (C=O) groups is 1. The maximum absolute atomic E-state index is 13.4. The van der Waals surface area contributed by atoms with Gasteiger partial charge in [0.15, 0.2) is 0 Å². The first-order chi connectivity index (χ1) is 14.6. The number of aryl methyl sites for hydroxylation is 1. The highest BCUT2D eigenvalue weighted by Gasteiger charge is 2.09. The maximum atomic E-state index is 13.4. The number of rotatable bonds is 5. The van der Waals surface area contributed by atoms with Crippen LogP contribution in [0, 0.1) is 12.7 Å². The minimum atomic E-state index is -0.452. The Kier molecular flexibility index (Phi) is 5.48. The third-order valence-electron chi connectivity index (χ3n) is 4.39. The van der Waals surface area contributed by atoms with Crippen molar-refractivity contribution in [3.8, 4) is 11.3 Å². The van der Waals surface area contributed by atoms with Crippen molar-refractivity contribution in [1.29, 1.82) is 0 Å². The summed E-state index contributed by atoms with van der Waals surface area (Å²) in [4.78, 5) is 21.3. The zero-order chi connectivity index (χ0) is 20.9. The number of amides is 1. The monoisotopic (exact) mass is 398 g/mol. The average Bonchev–Trinajstić information content (AvgIpc) is 2.74. The number of halogens is 1. The molecule has 148 valence electrons. The van der Waals surface area contributed by atoms with Gasteiger partial charge in [-0.2, -0.15) is 0 Å². The molecule has 1 heterocycles. The van der Waals surface area contributed by atoms with Crippen LogP contribution in [0.3, 0.4) is 0 Å². The van der Waals surface area contributed by atoms with Gasteiger partial charge in [-0.3, -0.25) is 4.79 Å². The van der Waals surface area contributed by atoms with E-state index in [2.05, 4.69) is 20.6 Å². The quantitative estimate of drug-likeness (QED) is 0.460. The summed E-state index contributed by atoms with van der Waals surface area (Å²) in [7, 11) is 0. The Morgan fingerprint density at radius 1 is 0.833 bits per heavy atom. The second-order valence-corrected chi connectivity index (χ2v) is 6.72. The minimum absolute atomic E-state index is 0.257. The van der Waals surface area contributed by atoms with Crippen LogP contribution >= 0.6 is 0 Å². The SMILES string of the molecule is Cc1nc(Nc2cccc(NC(=O)c3cccc(F)c3)c2)cc(-c2ccccc2)n1. The van der Waals surface area contributed by atoms with E-state index in [9.17, 15) is 9.18 Å². The molecule has 0 aliphatic rings. The number of carbonyl (C=O) groups excluding carboxylic acids is 1. The zero-order valence-electron chi connectivity index (χ0n) is 16.3. The van der Waals surface area contributed by atoms with E-state index in [4.69, 9.17) is 0 Å². The summed E-state index contributed by atoms with van der Waals surface area (Å²) in [5.41, 5.74) is 3.42. The number of hydrogen-bond acceptors (Lipinski definition) is 4. The Bertz CT molecular complexity index is 1190. The highest BCUT2D eigenvalue weighted by Crippen LogP contribution is 2.23. The van der Waals surface area contributed by atoms with Crippen molar-refractivity contribution in [2.75, 3.05) is 10.6 Å². The summed E-state index contributed by atoms with van der Waals surface area (Å²) >= 11 is 0. The predicted molar refractivity (Wildman–Crippen MR) is 116 cm³/mol. The smallest absolute Gasteiger partial charge is 0.255 e. The van der Waals surface area contributed by atoms with Crippen LogP contribution < -0.4 is 10.6 Å². The molecule has 4 rings (SSSR count). The molecule has 1 aromatic heterocycles. The van der Waals surface area contributed by atoms with E-state index in [1.807, 2.05) is 55.5 Å². The molecule has 0 bridgehead atoms. The topological polar surface area (TPSA) is 66.9 Å². The Morgan fingerprint density at radius 2 is 1.60 bits per heavy atom. The fraction of sp³-hybridized carbons (Fsp3) is 0.0417. The number of nitrogens with zero attached hydrogens (tertiary/aromatic N) is 2. The number of hydrogen-bond donors (Lipinski definition) is 2. The van der Waals surface area contributed by atoms with Crippen molar-refractivity contribution in [3.63, 3.8) is 0 Å². The largest absolute Gasteiger partial charge is 0.340 e. The molecule has 5 nitrogen and oxygen atoms in total. The van der Waals surface area contributed by atoms with Crippen molar-refractivity contribution < 1.29 is 9.18 Å². The van der Waals surface area contributed by atoms with Crippen molar-refractivity contribution in [3.05, 3.63) is 102 Å². The molecule has 0 saturated heterocycles. The van der Waals surface area contributed by atoms with E-state index in [1.165, 1.54) is 18.2 Å². The lowest BCUT2D eigenvalue weighted by atomic mass is 10.1. The van der Waals surface area contributed by atoms with E-state index in [1.54, 1.807) is 18.2 Å². The minimum Gasteiger partial charge on any atom is -0.340 e.